The maximum absolute atomic E-state index is 5.70. The van der Waals surface area contributed by atoms with Crippen molar-refractivity contribution in [2.75, 3.05) is 40.3 Å². The predicted molar refractivity (Wildman–Crippen MR) is 72.8 cm³/mol. The lowest BCUT2D eigenvalue weighted by Crippen LogP contribution is -2.29. The van der Waals surface area contributed by atoms with Gasteiger partial charge in [-0.15, -0.1) is 0 Å². The Balaban J connectivity index is 2.18. The summed E-state index contributed by atoms with van der Waals surface area (Å²) in [5, 5.41) is 3.35. The van der Waals surface area contributed by atoms with Crippen molar-refractivity contribution in [1.82, 2.24) is 10.2 Å². The molecule has 0 bridgehead atoms. The van der Waals surface area contributed by atoms with Crippen molar-refractivity contribution in [2.45, 2.75) is 13.8 Å². The SMILES string of the molecule is Cc1cc(C)cc(OCCNCCN(C)C)c1. The second-order valence-corrected chi connectivity index (χ2v) is 4.73. The molecule has 0 atom stereocenters. The van der Waals surface area contributed by atoms with Gasteiger partial charge in [-0.05, 0) is 51.2 Å². The van der Waals surface area contributed by atoms with E-state index in [-0.39, 0.29) is 0 Å². The Hall–Kier alpha value is -1.06. The van der Waals surface area contributed by atoms with Crippen LogP contribution in [0.1, 0.15) is 11.1 Å². The van der Waals surface area contributed by atoms with Gasteiger partial charge < -0.3 is 15.0 Å². The quantitative estimate of drug-likeness (QED) is 0.731. The average molecular weight is 236 g/mol. The molecule has 3 heteroatoms. The van der Waals surface area contributed by atoms with Crippen LogP contribution in [0.25, 0.3) is 0 Å². The van der Waals surface area contributed by atoms with Gasteiger partial charge in [-0.1, -0.05) is 6.07 Å². The largest absolute Gasteiger partial charge is 0.492 e. The van der Waals surface area contributed by atoms with Crippen molar-refractivity contribution in [3.8, 4) is 5.75 Å². The van der Waals surface area contributed by atoms with Crippen LogP contribution < -0.4 is 10.1 Å². The first-order valence-corrected chi connectivity index (χ1v) is 6.14. The average Bonchev–Trinajstić information content (AvgIpc) is 2.21. The minimum atomic E-state index is 0.719. The fraction of sp³-hybridized carbons (Fsp3) is 0.571. The number of nitrogens with one attached hydrogen (secondary N) is 1. The molecule has 0 aliphatic heterocycles. The van der Waals surface area contributed by atoms with E-state index in [2.05, 4.69) is 56.4 Å². The van der Waals surface area contributed by atoms with Crippen molar-refractivity contribution in [2.24, 2.45) is 0 Å². The molecule has 0 radical (unpaired) electrons. The second-order valence-electron chi connectivity index (χ2n) is 4.73. The van der Waals surface area contributed by atoms with E-state index in [1.165, 1.54) is 11.1 Å². The molecular formula is C14H24N2O. The summed E-state index contributed by atoms with van der Waals surface area (Å²) in [4.78, 5) is 2.16. The number of benzene rings is 1. The molecule has 0 fully saturated rings. The zero-order valence-corrected chi connectivity index (χ0v) is 11.4. The number of hydrogen-bond donors (Lipinski definition) is 1. The van der Waals surface area contributed by atoms with Gasteiger partial charge in [0, 0.05) is 19.6 Å². The van der Waals surface area contributed by atoms with Crippen LogP contribution in [0.2, 0.25) is 0 Å². The summed E-state index contributed by atoms with van der Waals surface area (Å²) in [5.74, 6) is 0.969. The highest BCUT2D eigenvalue weighted by Gasteiger charge is 1.96. The summed E-state index contributed by atoms with van der Waals surface area (Å²) in [7, 11) is 4.15. The molecule has 0 aliphatic rings. The van der Waals surface area contributed by atoms with Crippen molar-refractivity contribution in [3.63, 3.8) is 0 Å². The highest BCUT2D eigenvalue weighted by Crippen LogP contribution is 2.15. The number of hydrogen-bond acceptors (Lipinski definition) is 3. The van der Waals surface area contributed by atoms with Gasteiger partial charge >= 0.3 is 0 Å². The first kappa shape index (κ1) is 14.0. The Bertz CT molecular complexity index is 317. The Morgan fingerprint density at radius 2 is 1.71 bits per heavy atom. The molecule has 0 aliphatic carbocycles. The molecule has 0 heterocycles. The molecule has 0 amide bonds. The second kappa shape index (κ2) is 7.30. The molecule has 96 valence electrons. The molecule has 0 aromatic heterocycles. The van der Waals surface area contributed by atoms with E-state index in [1.807, 2.05) is 0 Å². The smallest absolute Gasteiger partial charge is 0.119 e. The van der Waals surface area contributed by atoms with E-state index in [0.717, 1.165) is 32.0 Å². The third-order valence-corrected chi connectivity index (χ3v) is 2.48. The van der Waals surface area contributed by atoms with Crippen LogP contribution in [0, 0.1) is 13.8 Å². The number of rotatable bonds is 7. The normalized spacial score (nSPS) is 10.9. The zero-order valence-electron chi connectivity index (χ0n) is 11.4. The van der Waals surface area contributed by atoms with Gasteiger partial charge in [0.2, 0.25) is 0 Å². The van der Waals surface area contributed by atoms with Crippen LogP contribution in [0.15, 0.2) is 18.2 Å². The van der Waals surface area contributed by atoms with Crippen LogP contribution >= 0.6 is 0 Å². The molecule has 0 spiro atoms. The third-order valence-electron chi connectivity index (χ3n) is 2.48. The number of ether oxygens (including phenoxy) is 1. The molecule has 1 N–H and O–H groups in total. The number of aryl methyl sites for hydroxylation is 2. The van der Waals surface area contributed by atoms with Crippen molar-refractivity contribution in [3.05, 3.63) is 29.3 Å². The fourth-order valence-electron chi connectivity index (χ4n) is 1.68. The Morgan fingerprint density at radius 1 is 1.06 bits per heavy atom. The van der Waals surface area contributed by atoms with Gasteiger partial charge in [-0.3, -0.25) is 0 Å². The van der Waals surface area contributed by atoms with Crippen molar-refractivity contribution < 1.29 is 4.74 Å². The minimum Gasteiger partial charge on any atom is -0.492 e. The lowest BCUT2D eigenvalue weighted by atomic mass is 10.1. The first-order valence-electron chi connectivity index (χ1n) is 6.14. The molecule has 3 nitrogen and oxygen atoms in total. The summed E-state index contributed by atoms with van der Waals surface area (Å²) < 4.78 is 5.70. The summed E-state index contributed by atoms with van der Waals surface area (Å²) in [6.45, 7) is 7.86. The topological polar surface area (TPSA) is 24.5 Å². The highest BCUT2D eigenvalue weighted by molar-refractivity contribution is 5.32. The van der Waals surface area contributed by atoms with E-state index in [9.17, 15) is 0 Å². The zero-order chi connectivity index (χ0) is 12.7. The van der Waals surface area contributed by atoms with Crippen LogP contribution in [-0.4, -0.2) is 45.2 Å². The number of nitrogens with zero attached hydrogens (tertiary/aromatic N) is 1. The van der Waals surface area contributed by atoms with Crippen LogP contribution in [0.5, 0.6) is 5.75 Å². The lowest BCUT2D eigenvalue weighted by Gasteiger charge is -2.11. The maximum Gasteiger partial charge on any atom is 0.119 e. The van der Waals surface area contributed by atoms with E-state index in [1.54, 1.807) is 0 Å². The molecule has 1 aromatic rings. The van der Waals surface area contributed by atoms with Crippen molar-refractivity contribution in [1.29, 1.82) is 0 Å². The Labute approximate surface area is 105 Å². The van der Waals surface area contributed by atoms with Crippen LogP contribution in [0.3, 0.4) is 0 Å². The minimum absolute atomic E-state index is 0.719. The first-order chi connectivity index (χ1) is 8.08. The van der Waals surface area contributed by atoms with Gasteiger partial charge in [-0.25, -0.2) is 0 Å². The number of likely N-dealkylation sites (N-methyl/N-ethyl adjacent to an activating group) is 1. The fourth-order valence-corrected chi connectivity index (χ4v) is 1.68. The van der Waals surface area contributed by atoms with Gasteiger partial charge in [0.15, 0.2) is 0 Å². The summed E-state index contributed by atoms with van der Waals surface area (Å²) in [5.41, 5.74) is 2.50. The molecule has 1 rings (SSSR count). The molecule has 0 unspecified atom stereocenters. The summed E-state index contributed by atoms with van der Waals surface area (Å²) in [6, 6.07) is 6.31. The van der Waals surface area contributed by atoms with E-state index >= 15 is 0 Å². The monoisotopic (exact) mass is 236 g/mol. The molecule has 1 aromatic carbocycles. The molecule has 0 saturated carbocycles. The van der Waals surface area contributed by atoms with E-state index in [4.69, 9.17) is 4.74 Å². The van der Waals surface area contributed by atoms with E-state index < -0.39 is 0 Å². The van der Waals surface area contributed by atoms with Crippen LogP contribution in [0.4, 0.5) is 0 Å². The Kier molecular flexibility index (Phi) is 6.01. The van der Waals surface area contributed by atoms with E-state index in [0.29, 0.717) is 0 Å². The van der Waals surface area contributed by atoms with Gasteiger partial charge in [0.1, 0.15) is 12.4 Å². The van der Waals surface area contributed by atoms with Gasteiger partial charge in [-0.2, -0.15) is 0 Å². The third kappa shape index (κ3) is 6.29. The highest BCUT2D eigenvalue weighted by atomic mass is 16.5. The van der Waals surface area contributed by atoms with Gasteiger partial charge in [0.25, 0.3) is 0 Å². The lowest BCUT2D eigenvalue weighted by molar-refractivity contribution is 0.308. The molecule has 17 heavy (non-hydrogen) atoms. The van der Waals surface area contributed by atoms with Crippen molar-refractivity contribution >= 4 is 0 Å². The van der Waals surface area contributed by atoms with Crippen LogP contribution in [-0.2, 0) is 0 Å². The molecular weight excluding hydrogens is 212 g/mol. The molecule has 0 saturated heterocycles. The standard InChI is InChI=1S/C14H24N2O/c1-12-9-13(2)11-14(10-12)17-8-6-15-5-7-16(3)4/h9-11,15H,5-8H2,1-4H3. The van der Waals surface area contributed by atoms with Gasteiger partial charge in [0.05, 0.1) is 0 Å². The summed E-state index contributed by atoms with van der Waals surface area (Å²) >= 11 is 0. The Morgan fingerprint density at radius 3 is 2.29 bits per heavy atom. The maximum atomic E-state index is 5.70. The summed E-state index contributed by atoms with van der Waals surface area (Å²) in [6.07, 6.45) is 0. The predicted octanol–water partition coefficient (Wildman–Crippen LogP) is 1.83.